The second kappa shape index (κ2) is 6.35. The fraction of sp³-hybridized carbons (Fsp3) is 0.562. The zero-order chi connectivity index (χ0) is 14.7. The molecule has 4 heteroatoms. The largest absolute Gasteiger partial charge is 0.336 e. The molecular formula is C16H23FN2O. The molecule has 2 unspecified atom stereocenters. The Kier molecular flexibility index (Phi) is 4.76. The molecule has 1 saturated heterocycles. The number of benzene rings is 1. The lowest BCUT2D eigenvalue weighted by molar-refractivity contribution is -0.139. The van der Waals surface area contributed by atoms with Crippen molar-refractivity contribution in [2.45, 2.75) is 26.8 Å². The van der Waals surface area contributed by atoms with Gasteiger partial charge in [-0.3, -0.25) is 4.79 Å². The van der Waals surface area contributed by atoms with Crippen LogP contribution in [0.25, 0.3) is 0 Å². The molecule has 3 nitrogen and oxygen atoms in total. The van der Waals surface area contributed by atoms with Crippen molar-refractivity contribution in [3.8, 4) is 0 Å². The fourth-order valence-corrected chi connectivity index (χ4v) is 2.67. The molecule has 0 spiro atoms. The number of nitrogens with zero attached hydrogens (tertiary/aromatic N) is 1. The van der Waals surface area contributed by atoms with Crippen molar-refractivity contribution in [1.29, 1.82) is 0 Å². The summed E-state index contributed by atoms with van der Waals surface area (Å²) in [7, 11) is 0. The van der Waals surface area contributed by atoms with Crippen molar-refractivity contribution in [2.24, 2.45) is 11.8 Å². The molecule has 1 aliphatic heterocycles. The SMILES string of the molecule is CCN(C(=O)C(C)C1CNC1)C(C)c1ccc(F)cc1. The lowest BCUT2D eigenvalue weighted by atomic mass is 9.87. The summed E-state index contributed by atoms with van der Waals surface area (Å²) < 4.78 is 13.0. The van der Waals surface area contributed by atoms with Gasteiger partial charge < -0.3 is 10.2 Å². The summed E-state index contributed by atoms with van der Waals surface area (Å²) in [4.78, 5) is 14.5. The van der Waals surface area contributed by atoms with Gasteiger partial charge >= 0.3 is 0 Å². The maximum Gasteiger partial charge on any atom is 0.226 e. The molecule has 1 N–H and O–H groups in total. The number of amides is 1. The Morgan fingerprint density at radius 2 is 1.95 bits per heavy atom. The van der Waals surface area contributed by atoms with Crippen LogP contribution in [0.1, 0.15) is 32.4 Å². The lowest BCUT2D eigenvalue weighted by Gasteiger charge is -2.37. The summed E-state index contributed by atoms with van der Waals surface area (Å²) in [6.07, 6.45) is 0. The molecule has 0 aliphatic carbocycles. The van der Waals surface area contributed by atoms with E-state index < -0.39 is 0 Å². The summed E-state index contributed by atoms with van der Waals surface area (Å²) in [5.74, 6) is 0.427. The number of rotatable bonds is 5. The molecule has 1 aromatic rings. The predicted octanol–water partition coefficient (Wildman–Crippen LogP) is 2.59. The summed E-state index contributed by atoms with van der Waals surface area (Å²) in [6.45, 7) is 8.52. The van der Waals surface area contributed by atoms with Crippen LogP contribution in [0.4, 0.5) is 4.39 Å². The van der Waals surface area contributed by atoms with Gasteiger partial charge in [-0.05, 0) is 50.6 Å². The van der Waals surface area contributed by atoms with E-state index in [1.54, 1.807) is 12.1 Å². The first-order chi connectivity index (χ1) is 9.54. The van der Waals surface area contributed by atoms with E-state index in [9.17, 15) is 9.18 Å². The van der Waals surface area contributed by atoms with Crippen molar-refractivity contribution >= 4 is 5.91 Å². The molecule has 1 amide bonds. The summed E-state index contributed by atoms with van der Waals surface area (Å²) in [5, 5.41) is 3.21. The molecule has 0 bridgehead atoms. The number of nitrogens with one attached hydrogen (secondary N) is 1. The molecule has 0 radical (unpaired) electrons. The maximum absolute atomic E-state index is 13.0. The molecule has 0 aromatic heterocycles. The van der Waals surface area contributed by atoms with Gasteiger partial charge in [-0.1, -0.05) is 19.1 Å². The lowest BCUT2D eigenvalue weighted by Crippen LogP contribution is -2.50. The van der Waals surface area contributed by atoms with Crippen LogP contribution in [0.2, 0.25) is 0 Å². The third-order valence-corrected chi connectivity index (χ3v) is 4.35. The topological polar surface area (TPSA) is 32.3 Å². The van der Waals surface area contributed by atoms with Gasteiger partial charge in [0, 0.05) is 12.5 Å². The third-order valence-electron chi connectivity index (χ3n) is 4.35. The Hall–Kier alpha value is -1.42. The minimum Gasteiger partial charge on any atom is -0.336 e. The van der Waals surface area contributed by atoms with E-state index in [1.165, 1.54) is 12.1 Å². The smallest absolute Gasteiger partial charge is 0.226 e. The standard InChI is InChI=1S/C16H23FN2O/c1-4-19(16(20)11(2)14-9-18-10-14)12(3)13-5-7-15(17)8-6-13/h5-8,11-12,14,18H,4,9-10H2,1-3H3. The Balaban J connectivity index is 2.09. The monoisotopic (exact) mass is 278 g/mol. The second-order valence-electron chi connectivity index (χ2n) is 5.56. The van der Waals surface area contributed by atoms with E-state index in [0.29, 0.717) is 12.5 Å². The molecule has 2 atom stereocenters. The molecule has 1 heterocycles. The molecule has 1 fully saturated rings. The van der Waals surface area contributed by atoms with Crippen molar-refractivity contribution in [2.75, 3.05) is 19.6 Å². The normalized spacial score (nSPS) is 18.2. The van der Waals surface area contributed by atoms with E-state index in [2.05, 4.69) is 5.32 Å². The van der Waals surface area contributed by atoms with Gasteiger partial charge in [0.1, 0.15) is 5.82 Å². The average Bonchev–Trinajstić information content (AvgIpc) is 2.38. The van der Waals surface area contributed by atoms with Crippen molar-refractivity contribution in [3.05, 3.63) is 35.6 Å². The van der Waals surface area contributed by atoms with Crippen molar-refractivity contribution in [1.82, 2.24) is 10.2 Å². The van der Waals surface area contributed by atoms with Crippen LogP contribution in [0, 0.1) is 17.7 Å². The first kappa shape index (κ1) is 15.0. The van der Waals surface area contributed by atoms with E-state index >= 15 is 0 Å². The Morgan fingerprint density at radius 1 is 1.35 bits per heavy atom. The van der Waals surface area contributed by atoms with Gasteiger partial charge in [0.2, 0.25) is 5.91 Å². The highest BCUT2D eigenvalue weighted by Crippen LogP contribution is 2.25. The van der Waals surface area contributed by atoms with Crippen LogP contribution in [0.15, 0.2) is 24.3 Å². The molecular weight excluding hydrogens is 255 g/mol. The van der Waals surface area contributed by atoms with E-state index in [1.807, 2.05) is 25.7 Å². The van der Waals surface area contributed by atoms with Gasteiger partial charge in [-0.25, -0.2) is 4.39 Å². The summed E-state index contributed by atoms with van der Waals surface area (Å²) in [6, 6.07) is 6.38. The Labute approximate surface area is 120 Å². The van der Waals surface area contributed by atoms with E-state index in [0.717, 1.165) is 18.7 Å². The van der Waals surface area contributed by atoms with Crippen LogP contribution in [-0.2, 0) is 4.79 Å². The zero-order valence-corrected chi connectivity index (χ0v) is 12.4. The third kappa shape index (κ3) is 3.01. The number of hydrogen-bond acceptors (Lipinski definition) is 2. The van der Waals surface area contributed by atoms with Crippen molar-refractivity contribution < 1.29 is 9.18 Å². The van der Waals surface area contributed by atoms with Crippen LogP contribution in [0.5, 0.6) is 0 Å². The molecule has 1 aromatic carbocycles. The maximum atomic E-state index is 13.0. The van der Waals surface area contributed by atoms with Gasteiger partial charge in [-0.2, -0.15) is 0 Å². The van der Waals surface area contributed by atoms with Crippen LogP contribution in [-0.4, -0.2) is 30.4 Å². The first-order valence-electron chi connectivity index (χ1n) is 7.31. The number of carbonyl (C=O) groups is 1. The van der Waals surface area contributed by atoms with Crippen LogP contribution in [0.3, 0.4) is 0 Å². The van der Waals surface area contributed by atoms with Crippen LogP contribution < -0.4 is 5.32 Å². The highest BCUT2D eigenvalue weighted by Gasteiger charge is 2.32. The number of carbonyl (C=O) groups excluding carboxylic acids is 1. The van der Waals surface area contributed by atoms with Gasteiger partial charge in [0.15, 0.2) is 0 Å². The van der Waals surface area contributed by atoms with E-state index in [-0.39, 0.29) is 23.7 Å². The van der Waals surface area contributed by atoms with Gasteiger partial charge in [0.25, 0.3) is 0 Å². The molecule has 110 valence electrons. The Bertz CT molecular complexity index is 456. The minimum atomic E-state index is -0.246. The molecule has 1 aliphatic rings. The van der Waals surface area contributed by atoms with E-state index in [4.69, 9.17) is 0 Å². The van der Waals surface area contributed by atoms with Gasteiger partial charge in [-0.15, -0.1) is 0 Å². The molecule has 20 heavy (non-hydrogen) atoms. The fourth-order valence-electron chi connectivity index (χ4n) is 2.67. The summed E-state index contributed by atoms with van der Waals surface area (Å²) >= 11 is 0. The molecule has 2 rings (SSSR count). The van der Waals surface area contributed by atoms with Crippen molar-refractivity contribution in [3.63, 3.8) is 0 Å². The molecule has 0 saturated carbocycles. The highest BCUT2D eigenvalue weighted by molar-refractivity contribution is 5.79. The number of halogens is 1. The number of hydrogen-bond donors (Lipinski definition) is 1. The quantitative estimate of drug-likeness (QED) is 0.898. The van der Waals surface area contributed by atoms with Gasteiger partial charge in [0.05, 0.1) is 6.04 Å². The Morgan fingerprint density at radius 3 is 2.40 bits per heavy atom. The zero-order valence-electron chi connectivity index (χ0n) is 12.4. The minimum absolute atomic E-state index is 0.0245. The first-order valence-corrected chi connectivity index (χ1v) is 7.31. The predicted molar refractivity (Wildman–Crippen MR) is 77.7 cm³/mol. The second-order valence-corrected chi connectivity index (χ2v) is 5.56. The summed E-state index contributed by atoms with van der Waals surface area (Å²) in [5.41, 5.74) is 0.973. The highest BCUT2D eigenvalue weighted by atomic mass is 19.1. The van der Waals surface area contributed by atoms with Crippen LogP contribution >= 0.6 is 0 Å². The average molecular weight is 278 g/mol.